The van der Waals surface area contributed by atoms with Crippen LogP contribution < -0.4 is 10.6 Å². The Labute approximate surface area is 121 Å². The van der Waals surface area contributed by atoms with Crippen LogP contribution in [0.25, 0.3) is 0 Å². The maximum atomic E-state index is 12.8. The highest BCUT2D eigenvalue weighted by molar-refractivity contribution is 5.76. The summed E-state index contributed by atoms with van der Waals surface area (Å²) >= 11 is 0. The van der Waals surface area contributed by atoms with Crippen molar-refractivity contribution in [3.8, 4) is 0 Å². The molecule has 0 spiro atoms. The number of rotatable bonds is 6. The van der Waals surface area contributed by atoms with Crippen molar-refractivity contribution < 1.29 is 9.18 Å². The second-order valence-electron chi connectivity index (χ2n) is 6.23. The predicted octanol–water partition coefficient (Wildman–Crippen LogP) is 2.65. The van der Waals surface area contributed by atoms with Crippen molar-refractivity contribution in [1.82, 2.24) is 10.6 Å². The zero-order valence-electron chi connectivity index (χ0n) is 12.8. The van der Waals surface area contributed by atoms with Gasteiger partial charge in [0.2, 0.25) is 5.91 Å². The van der Waals surface area contributed by atoms with E-state index in [1.807, 2.05) is 6.92 Å². The molecule has 0 fully saturated rings. The summed E-state index contributed by atoms with van der Waals surface area (Å²) in [6, 6.07) is 6.43. The van der Waals surface area contributed by atoms with E-state index in [0.717, 1.165) is 5.56 Å². The Morgan fingerprint density at radius 1 is 1.25 bits per heavy atom. The quantitative estimate of drug-likeness (QED) is 0.841. The first kappa shape index (κ1) is 16.6. The second kappa shape index (κ2) is 7.39. The third-order valence-electron chi connectivity index (χ3n) is 2.87. The fourth-order valence-electron chi connectivity index (χ4n) is 1.92. The first-order chi connectivity index (χ1) is 9.26. The van der Waals surface area contributed by atoms with Crippen molar-refractivity contribution in [2.75, 3.05) is 6.54 Å². The van der Waals surface area contributed by atoms with E-state index in [2.05, 4.69) is 31.4 Å². The summed E-state index contributed by atoms with van der Waals surface area (Å²) in [4.78, 5) is 11.8. The number of carbonyl (C=O) groups is 1. The first-order valence-corrected chi connectivity index (χ1v) is 7.05. The molecule has 0 aliphatic heterocycles. The standard InChI is InChI=1S/C16H25FN2O/c1-12(11-13-5-7-14(17)8-6-13)19-15(20)9-10-18-16(2,3)4/h5-8,12,18H,9-11H2,1-4H3,(H,19,20). The number of nitrogens with one attached hydrogen (secondary N) is 2. The molecular weight excluding hydrogens is 255 g/mol. The molecule has 1 unspecified atom stereocenters. The van der Waals surface area contributed by atoms with E-state index >= 15 is 0 Å². The number of benzene rings is 1. The van der Waals surface area contributed by atoms with Gasteiger partial charge in [-0.2, -0.15) is 0 Å². The molecule has 0 aliphatic carbocycles. The molecule has 3 nitrogen and oxygen atoms in total. The van der Waals surface area contributed by atoms with Crippen LogP contribution in [0.15, 0.2) is 24.3 Å². The van der Waals surface area contributed by atoms with Crippen LogP contribution in [0, 0.1) is 5.82 Å². The number of hydrogen-bond donors (Lipinski definition) is 2. The van der Waals surface area contributed by atoms with Crippen molar-refractivity contribution in [3.05, 3.63) is 35.6 Å². The van der Waals surface area contributed by atoms with Gasteiger partial charge in [-0.25, -0.2) is 4.39 Å². The van der Waals surface area contributed by atoms with Crippen LogP contribution in [0.4, 0.5) is 4.39 Å². The lowest BCUT2D eigenvalue weighted by atomic mass is 10.1. The molecular formula is C16H25FN2O. The van der Waals surface area contributed by atoms with Gasteiger partial charge in [-0.1, -0.05) is 12.1 Å². The van der Waals surface area contributed by atoms with Gasteiger partial charge in [-0.05, 0) is 51.8 Å². The summed E-state index contributed by atoms with van der Waals surface area (Å²) in [6.07, 6.45) is 1.17. The van der Waals surface area contributed by atoms with Gasteiger partial charge in [0.25, 0.3) is 0 Å². The lowest BCUT2D eigenvalue weighted by Gasteiger charge is -2.20. The molecule has 0 aromatic heterocycles. The van der Waals surface area contributed by atoms with Gasteiger partial charge in [0.05, 0.1) is 0 Å². The zero-order valence-corrected chi connectivity index (χ0v) is 12.8. The Bertz CT molecular complexity index is 423. The highest BCUT2D eigenvalue weighted by atomic mass is 19.1. The third-order valence-corrected chi connectivity index (χ3v) is 2.87. The van der Waals surface area contributed by atoms with Crippen molar-refractivity contribution in [3.63, 3.8) is 0 Å². The highest BCUT2D eigenvalue weighted by Gasteiger charge is 2.11. The Morgan fingerprint density at radius 2 is 1.85 bits per heavy atom. The summed E-state index contributed by atoms with van der Waals surface area (Å²) in [5.41, 5.74) is 1.05. The average molecular weight is 280 g/mol. The molecule has 20 heavy (non-hydrogen) atoms. The number of amides is 1. The van der Waals surface area contributed by atoms with E-state index in [1.165, 1.54) is 12.1 Å². The molecule has 0 bridgehead atoms. The molecule has 0 heterocycles. The molecule has 112 valence electrons. The van der Waals surface area contributed by atoms with Crippen LogP contribution in [0.1, 0.15) is 39.7 Å². The normalized spacial score (nSPS) is 13.1. The van der Waals surface area contributed by atoms with Gasteiger partial charge >= 0.3 is 0 Å². The molecule has 1 aromatic carbocycles. The molecule has 0 aliphatic rings. The smallest absolute Gasteiger partial charge is 0.221 e. The summed E-state index contributed by atoms with van der Waals surface area (Å²) < 4.78 is 12.8. The lowest BCUT2D eigenvalue weighted by molar-refractivity contribution is -0.121. The minimum Gasteiger partial charge on any atom is -0.353 e. The van der Waals surface area contributed by atoms with E-state index in [9.17, 15) is 9.18 Å². The van der Waals surface area contributed by atoms with Crippen LogP contribution in [0.5, 0.6) is 0 Å². The van der Waals surface area contributed by atoms with Gasteiger partial charge in [0.15, 0.2) is 0 Å². The van der Waals surface area contributed by atoms with Crippen LogP contribution in [0.2, 0.25) is 0 Å². The van der Waals surface area contributed by atoms with Crippen molar-refractivity contribution in [2.45, 2.75) is 52.1 Å². The molecule has 4 heteroatoms. The van der Waals surface area contributed by atoms with Crippen molar-refractivity contribution >= 4 is 5.91 Å². The number of halogens is 1. The van der Waals surface area contributed by atoms with E-state index in [4.69, 9.17) is 0 Å². The summed E-state index contributed by atoms with van der Waals surface area (Å²) in [7, 11) is 0. The topological polar surface area (TPSA) is 41.1 Å². The molecule has 2 N–H and O–H groups in total. The average Bonchev–Trinajstić information content (AvgIpc) is 2.30. The Morgan fingerprint density at radius 3 is 2.40 bits per heavy atom. The minimum absolute atomic E-state index is 0.0278. The van der Waals surface area contributed by atoms with Crippen molar-refractivity contribution in [1.29, 1.82) is 0 Å². The monoisotopic (exact) mass is 280 g/mol. The molecule has 1 aromatic rings. The lowest BCUT2D eigenvalue weighted by Crippen LogP contribution is -2.40. The number of hydrogen-bond acceptors (Lipinski definition) is 2. The number of carbonyl (C=O) groups excluding carboxylic acids is 1. The SMILES string of the molecule is CC(Cc1ccc(F)cc1)NC(=O)CCNC(C)(C)C. The first-order valence-electron chi connectivity index (χ1n) is 7.05. The van der Waals surface area contributed by atoms with E-state index in [-0.39, 0.29) is 23.3 Å². The summed E-state index contributed by atoms with van der Waals surface area (Å²) in [6.45, 7) is 8.84. The predicted molar refractivity (Wildman–Crippen MR) is 80.1 cm³/mol. The maximum absolute atomic E-state index is 12.8. The maximum Gasteiger partial charge on any atom is 0.221 e. The molecule has 1 rings (SSSR count). The van der Waals surface area contributed by atoms with Gasteiger partial charge in [0, 0.05) is 24.5 Å². The van der Waals surface area contributed by atoms with Gasteiger partial charge in [-0.3, -0.25) is 4.79 Å². The second-order valence-corrected chi connectivity index (χ2v) is 6.23. The molecule has 0 radical (unpaired) electrons. The third kappa shape index (κ3) is 7.24. The fraction of sp³-hybridized carbons (Fsp3) is 0.562. The molecule has 0 saturated carbocycles. The van der Waals surface area contributed by atoms with E-state index in [0.29, 0.717) is 19.4 Å². The molecule has 0 saturated heterocycles. The largest absolute Gasteiger partial charge is 0.353 e. The fourth-order valence-corrected chi connectivity index (χ4v) is 1.92. The van der Waals surface area contributed by atoms with E-state index < -0.39 is 0 Å². The summed E-state index contributed by atoms with van der Waals surface area (Å²) in [5.74, 6) is -0.199. The highest BCUT2D eigenvalue weighted by Crippen LogP contribution is 2.06. The van der Waals surface area contributed by atoms with Gasteiger partial charge < -0.3 is 10.6 Å². The van der Waals surface area contributed by atoms with Crippen LogP contribution >= 0.6 is 0 Å². The molecule has 1 amide bonds. The minimum atomic E-state index is -0.237. The van der Waals surface area contributed by atoms with Gasteiger partial charge in [0.1, 0.15) is 5.82 Å². The van der Waals surface area contributed by atoms with Crippen molar-refractivity contribution in [2.24, 2.45) is 0 Å². The van der Waals surface area contributed by atoms with Gasteiger partial charge in [-0.15, -0.1) is 0 Å². The van der Waals surface area contributed by atoms with Crippen LogP contribution in [-0.2, 0) is 11.2 Å². The Balaban J connectivity index is 2.29. The van der Waals surface area contributed by atoms with Crippen LogP contribution in [0.3, 0.4) is 0 Å². The molecule has 1 atom stereocenters. The zero-order chi connectivity index (χ0) is 15.2. The summed E-state index contributed by atoms with van der Waals surface area (Å²) in [5, 5.41) is 6.24. The van der Waals surface area contributed by atoms with Crippen LogP contribution in [-0.4, -0.2) is 24.0 Å². The Hall–Kier alpha value is -1.42. The van der Waals surface area contributed by atoms with E-state index in [1.54, 1.807) is 12.1 Å². The Kier molecular flexibility index (Phi) is 6.14.